The molecule has 3 N–H and O–H groups in total. The third kappa shape index (κ3) is 2.89. The Bertz CT molecular complexity index is 344. The fourth-order valence-electron chi connectivity index (χ4n) is 1.57. The molecule has 1 aliphatic heterocycles. The molecule has 0 atom stereocenters. The summed E-state index contributed by atoms with van der Waals surface area (Å²) in [4.78, 5) is 0. The van der Waals surface area contributed by atoms with Crippen molar-refractivity contribution in [3.63, 3.8) is 0 Å². The molecule has 1 aliphatic rings. The third-order valence-corrected chi connectivity index (χ3v) is 3.81. The van der Waals surface area contributed by atoms with Gasteiger partial charge in [0.15, 0.2) is 0 Å². The first-order chi connectivity index (χ1) is 7.24. The largest absolute Gasteiger partial charge is 0.382 e. The molecule has 1 saturated heterocycles. The van der Waals surface area contributed by atoms with Gasteiger partial charge in [-0.25, -0.2) is 0 Å². The molecule has 1 aromatic heterocycles. The Morgan fingerprint density at radius 1 is 1.33 bits per heavy atom. The molecular formula is C9H14N4OS. The first-order valence-electron chi connectivity index (χ1n) is 4.95. The smallest absolute Gasteiger partial charge is 0.149 e. The van der Waals surface area contributed by atoms with Gasteiger partial charge in [0.2, 0.25) is 0 Å². The van der Waals surface area contributed by atoms with E-state index in [0.717, 1.165) is 30.2 Å². The van der Waals surface area contributed by atoms with Crippen LogP contribution in [0.3, 0.4) is 0 Å². The second-order valence-electron chi connectivity index (χ2n) is 3.61. The van der Waals surface area contributed by atoms with Crippen LogP contribution in [0.15, 0.2) is 12.1 Å². The molecule has 5 nitrogen and oxygen atoms in total. The summed E-state index contributed by atoms with van der Waals surface area (Å²) in [7, 11) is -0.619. The van der Waals surface area contributed by atoms with Crippen LogP contribution in [0.4, 0.5) is 11.6 Å². The average Bonchev–Trinajstić information content (AvgIpc) is 2.25. The zero-order valence-electron chi connectivity index (χ0n) is 8.35. The minimum Gasteiger partial charge on any atom is -0.382 e. The summed E-state index contributed by atoms with van der Waals surface area (Å²) in [5.41, 5.74) is 5.44. The summed E-state index contributed by atoms with van der Waals surface area (Å²) in [6.45, 7) is 0. The Morgan fingerprint density at radius 3 is 2.67 bits per heavy atom. The topological polar surface area (TPSA) is 80.9 Å². The minimum absolute atomic E-state index is 0.362. The summed E-state index contributed by atoms with van der Waals surface area (Å²) in [5.74, 6) is 2.72. The number of hydrogen-bond acceptors (Lipinski definition) is 5. The van der Waals surface area contributed by atoms with Crippen molar-refractivity contribution in [1.29, 1.82) is 0 Å². The molecule has 2 rings (SSSR count). The second kappa shape index (κ2) is 4.57. The number of nitrogens with two attached hydrogens (primary N) is 1. The monoisotopic (exact) mass is 226 g/mol. The Labute approximate surface area is 90.9 Å². The first-order valence-corrected chi connectivity index (χ1v) is 6.43. The van der Waals surface area contributed by atoms with Gasteiger partial charge in [-0.3, -0.25) is 4.21 Å². The highest BCUT2D eigenvalue weighted by atomic mass is 32.2. The van der Waals surface area contributed by atoms with E-state index < -0.39 is 10.8 Å². The highest BCUT2D eigenvalue weighted by Gasteiger charge is 2.17. The maximum atomic E-state index is 11.1. The van der Waals surface area contributed by atoms with Gasteiger partial charge in [-0.2, -0.15) is 0 Å². The molecule has 0 aromatic carbocycles. The molecule has 0 bridgehead atoms. The van der Waals surface area contributed by atoms with E-state index >= 15 is 0 Å². The van der Waals surface area contributed by atoms with Gasteiger partial charge in [0.1, 0.15) is 11.6 Å². The van der Waals surface area contributed by atoms with Crippen LogP contribution < -0.4 is 11.1 Å². The van der Waals surface area contributed by atoms with Crippen LogP contribution in [0.25, 0.3) is 0 Å². The van der Waals surface area contributed by atoms with Crippen molar-refractivity contribution >= 4 is 22.4 Å². The third-order valence-electron chi connectivity index (χ3n) is 2.43. The van der Waals surface area contributed by atoms with E-state index in [4.69, 9.17) is 5.73 Å². The van der Waals surface area contributed by atoms with Gasteiger partial charge in [-0.05, 0) is 25.0 Å². The standard InChI is InChI=1S/C9H14N4OS/c10-8-1-2-9(13-12-8)11-7-3-5-15(14)6-4-7/h1-2,7H,3-6H2,(H2,10,12)(H,11,13). The van der Waals surface area contributed by atoms with Crippen molar-refractivity contribution < 1.29 is 4.21 Å². The van der Waals surface area contributed by atoms with Gasteiger partial charge < -0.3 is 11.1 Å². The SMILES string of the molecule is Nc1ccc(NC2CCS(=O)CC2)nn1. The molecule has 2 heterocycles. The Kier molecular flexibility index (Phi) is 3.15. The number of aromatic nitrogens is 2. The lowest BCUT2D eigenvalue weighted by Crippen LogP contribution is -2.29. The number of rotatable bonds is 2. The van der Waals surface area contributed by atoms with Crippen molar-refractivity contribution in [2.45, 2.75) is 18.9 Å². The average molecular weight is 226 g/mol. The maximum absolute atomic E-state index is 11.1. The maximum Gasteiger partial charge on any atom is 0.149 e. The van der Waals surface area contributed by atoms with Crippen LogP contribution in [0, 0.1) is 0 Å². The summed E-state index contributed by atoms with van der Waals surface area (Å²) >= 11 is 0. The predicted molar refractivity (Wildman–Crippen MR) is 61.0 cm³/mol. The highest BCUT2D eigenvalue weighted by Crippen LogP contribution is 2.14. The van der Waals surface area contributed by atoms with Crippen molar-refractivity contribution in [3.8, 4) is 0 Å². The molecule has 6 heteroatoms. The fraction of sp³-hybridized carbons (Fsp3) is 0.556. The quantitative estimate of drug-likeness (QED) is 0.762. The summed E-state index contributed by atoms with van der Waals surface area (Å²) in [5, 5.41) is 11.0. The molecular weight excluding hydrogens is 212 g/mol. The van der Waals surface area contributed by atoms with E-state index in [9.17, 15) is 4.21 Å². The van der Waals surface area contributed by atoms with E-state index in [0.29, 0.717) is 11.9 Å². The summed E-state index contributed by atoms with van der Waals surface area (Å²) < 4.78 is 11.1. The number of anilines is 2. The Balaban J connectivity index is 1.91. The van der Waals surface area contributed by atoms with E-state index in [1.54, 1.807) is 6.07 Å². The van der Waals surface area contributed by atoms with Crippen LogP contribution in [0.5, 0.6) is 0 Å². The Morgan fingerprint density at radius 2 is 2.07 bits per heavy atom. The summed E-state index contributed by atoms with van der Waals surface area (Å²) in [6.07, 6.45) is 1.86. The van der Waals surface area contributed by atoms with Gasteiger partial charge in [0.25, 0.3) is 0 Å². The van der Waals surface area contributed by atoms with Gasteiger partial charge >= 0.3 is 0 Å². The fourth-order valence-corrected chi connectivity index (χ4v) is 2.87. The zero-order chi connectivity index (χ0) is 10.7. The number of nitrogens with one attached hydrogen (secondary N) is 1. The molecule has 1 fully saturated rings. The van der Waals surface area contributed by atoms with E-state index in [1.165, 1.54) is 0 Å². The lowest BCUT2D eigenvalue weighted by molar-refractivity contribution is 0.622. The molecule has 1 aromatic rings. The van der Waals surface area contributed by atoms with Crippen molar-refractivity contribution in [2.75, 3.05) is 22.6 Å². The predicted octanol–water partition coefficient (Wildman–Crippen LogP) is 0.382. The molecule has 0 amide bonds. The van der Waals surface area contributed by atoms with Crippen molar-refractivity contribution in [3.05, 3.63) is 12.1 Å². The molecule has 0 saturated carbocycles. The van der Waals surface area contributed by atoms with Crippen LogP contribution in [-0.4, -0.2) is 32.0 Å². The van der Waals surface area contributed by atoms with Crippen LogP contribution >= 0.6 is 0 Å². The van der Waals surface area contributed by atoms with Crippen LogP contribution in [0.1, 0.15) is 12.8 Å². The number of nitrogens with zero attached hydrogens (tertiary/aromatic N) is 2. The zero-order valence-corrected chi connectivity index (χ0v) is 9.17. The molecule has 0 radical (unpaired) electrons. The molecule has 0 aliphatic carbocycles. The molecule has 82 valence electrons. The second-order valence-corrected chi connectivity index (χ2v) is 5.31. The van der Waals surface area contributed by atoms with E-state index in [1.807, 2.05) is 6.07 Å². The van der Waals surface area contributed by atoms with Gasteiger partial charge in [0, 0.05) is 28.3 Å². The molecule has 15 heavy (non-hydrogen) atoms. The molecule has 0 unspecified atom stereocenters. The van der Waals surface area contributed by atoms with Gasteiger partial charge in [-0.15, -0.1) is 10.2 Å². The summed E-state index contributed by atoms with van der Waals surface area (Å²) in [6, 6.07) is 3.89. The number of nitrogen functional groups attached to an aromatic ring is 1. The van der Waals surface area contributed by atoms with Gasteiger partial charge in [0.05, 0.1) is 0 Å². The normalized spacial score (nSPS) is 26.1. The lowest BCUT2D eigenvalue weighted by atomic mass is 10.1. The Hall–Kier alpha value is -1.17. The first kappa shape index (κ1) is 10.4. The highest BCUT2D eigenvalue weighted by molar-refractivity contribution is 7.85. The molecule has 0 spiro atoms. The van der Waals surface area contributed by atoms with Crippen molar-refractivity contribution in [1.82, 2.24) is 10.2 Å². The lowest BCUT2D eigenvalue weighted by Gasteiger charge is -2.22. The van der Waals surface area contributed by atoms with Gasteiger partial charge in [-0.1, -0.05) is 0 Å². The van der Waals surface area contributed by atoms with Crippen LogP contribution in [-0.2, 0) is 10.8 Å². The number of hydrogen-bond donors (Lipinski definition) is 2. The van der Waals surface area contributed by atoms with E-state index in [-0.39, 0.29) is 0 Å². The minimum atomic E-state index is -0.619. The van der Waals surface area contributed by atoms with Crippen LogP contribution in [0.2, 0.25) is 0 Å². The van der Waals surface area contributed by atoms with Crippen molar-refractivity contribution in [2.24, 2.45) is 0 Å². The van der Waals surface area contributed by atoms with E-state index in [2.05, 4.69) is 15.5 Å².